The summed E-state index contributed by atoms with van der Waals surface area (Å²) in [6.45, 7) is 13.5. The van der Waals surface area contributed by atoms with Gasteiger partial charge in [0.05, 0.1) is 36.3 Å². The molecule has 370 valence electrons. The number of ether oxygens (including phenoxy) is 6. The number of carboxylic acids is 1. The molecular weight excluding hydrogens is 852 g/mol. The Bertz CT molecular complexity index is 1810. The fourth-order valence-electron chi connectivity index (χ4n) is 15.1. The van der Waals surface area contributed by atoms with Crippen molar-refractivity contribution >= 4 is 11.9 Å². The molecule has 0 amide bonds. The predicted octanol–water partition coefficient (Wildman–Crippen LogP) is 0.728. The van der Waals surface area contributed by atoms with Gasteiger partial charge in [0.1, 0.15) is 61.0 Å². The number of aliphatic carboxylic acids is 1. The van der Waals surface area contributed by atoms with Gasteiger partial charge in [-0.15, -0.1) is 0 Å². The van der Waals surface area contributed by atoms with E-state index in [4.69, 9.17) is 28.4 Å². The van der Waals surface area contributed by atoms with Gasteiger partial charge < -0.3 is 79.5 Å². The van der Waals surface area contributed by atoms with Crippen molar-refractivity contribution in [3.8, 4) is 0 Å². The van der Waals surface area contributed by atoms with E-state index < -0.39 is 138 Å². The van der Waals surface area contributed by atoms with Gasteiger partial charge in [-0.3, -0.25) is 9.59 Å². The summed E-state index contributed by atoms with van der Waals surface area (Å²) >= 11 is 0. The topological polar surface area (TPSA) is 292 Å². The molecule has 8 aliphatic rings. The third-order valence-electron chi connectivity index (χ3n) is 19.0. The van der Waals surface area contributed by atoms with E-state index in [1.807, 2.05) is 0 Å². The normalized spacial score (nSPS) is 54.2. The maximum absolute atomic E-state index is 14.7. The lowest BCUT2D eigenvalue weighted by molar-refractivity contribution is -0.358. The van der Waals surface area contributed by atoms with Gasteiger partial charge in [-0.2, -0.15) is 0 Å². The number of fused-ring (bicyclic) bond motifs is 7. The number of aliphatic hydroxyl groups excluding tert-OH is 9. The van der Waals surface area contributed by atoms with E-state index >= 15 is 0 Å². The maximum Gasteiger partial charge on any atom is 0.315 e. The largest absolute Gasteiger partial charge is 0.481 e. The van der Waals surface area contributed by atoms with Crippen LogP contribution in [0, 0.1) is 56.7 Å². The summed E-state index contributed by atoms with van der Waals surface area (Å²) in [4.78, 5) is 29.0. The van der Waals surface area contributed by atoms with Crippen molar-refractivity contribution in [1.29, 1.82) is 0 Å². The second-order valence-corrected chi connectivity index (χ2v) is 22.3. The van der Waals surface area contributed by atoms with Gasteiger partial charge in [0.15, 0.2) is 12.6 Å². The Morgan fingerprint density at radius 3 is 2.09 bits per heavy atom. The number of carboxylic acid groups (broad SMARTS) is 1. The molecule has 3 saturated heterocycles. The number of rotatable bonds is 8. The molecule has 18 heteroatoms. The Morgan fingerprint density at radius 2 is 1.42 bits per heavy atom. The summed E-state index contributed by atoms with van der Waals surface area (Å²) in [7, 11) is 0. The number of carbonyl (C=O) groups is 2. The highest BCUT2D eigenvalue weighted by molar-refractivity contribution is 5.85. The lowest BCUT2D eigenvalue weighted by atomic mass is 9.33. The molecular formula is C47H74O18. The summed E-state index contributed by atoms with van der Waals surface area (Å²) in [6, 6.07) is 0. The highest BCUT2D eigenvalue weighted by Gasteiger charge is 2.74. The predicted molar refractivity (Wildman–Crippen MR) is 225 cm³/mol. The van der Waals surface area contributed by atoms with Crippen LogP contribution in [0.3, 0.4) is 0 Å². The van der Waals surface area contributed by atoms with Crippen LogP contribution in [0.4, 0.5) is 0 Å². The van der Waals surface area contributed by atoms with Gasteiger partial charge in [0, 0.05) is 0 Å². The molecule has 10 N–H and O–H groups in total. The SMILES string of the molecule is C[C@H]1[C@H](C)CC[C@]2(C(=O)O[C@@H]3O[C@H](CO)[C@@H](O)[C@H](O)[C@H]3O)CC[C@]3(C(=O)O)C(=CC[C@@H]4[C@@]5(C)CC[C@H](O[C@@H]6O[C@@H](C)[C@H](O)[C@@H](O[C@@H]7OC[C@@H](O)[C@H](O)[C@H]7O)[C@H]6O)C(C)(C)[C@@H]5CC[C@]43C)[C@H]12. The van der Waals surface area contributed by atoms with Crippen LogP contribution in [-0.2, 0) is 38.0 Å². The quantitative estimate of drug-likeness (QED) is 0.0912. The summed E-state index contributed by atoms with van der Waals surface area (Å²) in [6.07, 6.45) is -14.0. The molecule has 5 aliphatic carbocycles. The number of aliphatic hydroxyl groups is 9. The monoisotopic (exact) mass is 926 g/mol. The first-order valence-corrected chi connectivity index (χ1v) is 23.9. The molecule has 24 atom stereocenters. The van der Waals surface area contributed by atoms with Crippen LogP contribution in [0.5, 0.6) is 0 Å². The van der Waals surface area contributed by atoms with Crippen molar-refractivity contribution < 1.29 is 89.1 Å². The average Bonchev–Trinajstić information content (AvgIpc) is 3.25. The summed E-state index contributed by atoms with van der Waals surface area (Å²) < 4.78 is 35.6. The minimum atomic E-state index is -1.77. The van der Waals surface area contributed by atoms with Crippen LogP contribution < -0.4 is 0 Å². The molecule has 65 heavy (non-hydrogen) atoms. The van der Waals surface area contributed by atoms with Crippen molar-refractivity contribution in [1.82, 2.24) is 0 Å². The zero-order chi connectivity index (χ0) is 47.5. The van der Waals surface area contributed by atoms with Crippen LogP contribution in [0.1, 0.15) is 106 Å². The molecule has 8 rings (SSSR count). The standard InChI is InChI=1S/C47H74O18/c1-20-10-15-46(42(59)65-39-35(55)33(53)32(52)25(18-48)62-39)16-17-47(41(57)58)23(29(46)21(20)2)8-9-27-44(6)13-12-28(43(4,5)26(44)11-14-45(27,47)7)63-40-36(56)37(30(50)22(3)61-40)64-38-34(54)31(51)24(49)19-60-38/h8,20-22,24-40,48-56H,9-19H2,1-7H3,(H,57,58)/t20-,21+,22+,24-,25-,26+,27-,28+,29+,30+,31+,32-,33+,34-,35-,36-,37-,38+,39+,40+,44+,45-,46+,47-/m1/s1. The van der Waals surface area contributed by atoms with E-state index in [9.17, 15) is 60.7 Å². The third-order valence-corrected chi connectivity index (χ3v) is 19.0. The first-order valence-electron chi connectivity index (χ1n) is 23.9. The number of hydrogen-bond acceptors (Lipinski definition) is 17. The number of hydrogen-bond donors (Lipinski definition) is 10. The lowest BCUT2D eigenvalue weighted by Crippen LogP contribution is -2.68. The molecule has 0 spiro atoms. The van der Waals surface area contributed by atoms with E-state index in [1.54, 1.807) is 6.92 Å². The van der Waals surface area contributed by atoms with Crippen molar-refractivity contribution in [3.63, 3.8) is 0 Å². The Labute approximate surface area is 380 Å². The third kappa shape index (κ3) is 7.41. The van der Waals surface area contributed by atoms with E-state index in [0.29, 0.717) is 44.9 Å². The van der Waals surface area contributed by atoms with Crippen LogP contribution in [0.25, 0.3) is 0 Å². The summed E-state index contributed by atoms with van der Waals surface area (Å²) in [5.74, 6) is -2.04. The van der Waals surface area contributed by atoms with Crippen LogP contribution in [0.2, 0.25) is 0 Å². The van der Waals surface area contributed by atoms with Gasteiger partial charge in [0.2, 0.25) is 6.29 Å². The fourth-order valence-corrected chi connectivity index (χ4v) is 15.1. The maximum atomic E-state index is 14.7. The second kappa shape index (κ2) is 17.5. The Balaban J connectivity index is 1.05. The molecule has 0 aromatic heterocycles. The van der Waals surface area contributed by atoms with Crippen LogP contribution >= 0.6 is 0 Å². The molecule has 0 unspecified atom stereocenters. The Kier molecular flexibility index (Phi) is 13.3. The minimum Gasteiger partial charge on any atom is -0.481 e. The molecule has 0 radical (unpaired) electrons. The van der Waals surface area contributed by atoms with Gasteiger partial charge in [-0.1, -0.05) is 53.2 Å². The van der Waals surface area contributed by atoms with Gasteiger partial charge in [0.25, 0.3) is 0 Å². The second-order valence-electron chi connectivity index (χ2n) is 22.3. The molecule has 3 aliphatic heterocycles. The molecule has 0 aromatic carbocycles. The van der Waals surface area contributed by atoms with Crippen molar-refractivity contribution in [2.45, 2.75) is 198 Å². The van der Waals surface area contributed by atoms with Gasteiger partial charge in [-0.25, -0.2) is 0 Å². The van der Waals surface area contributed by atoms with Crippen molar-refractivity contribution in [3.05, 3.63) is 11.6 Å². The molecule has 7 fully saturated rings. The van der Waals surface area contributed by atoms with Crippen LogP contribution in [-0.4, -0.2) is 168 Å². The van der Waals surface area contributed by atoms with E-state index in [-0.39, 0.29) is 48.5 Å². The number of carbonyl (C=O) groups excluding carboxylic acids is 1. The lowest BCUT2D eigenvalue weighted by Gasteiger charge is -2.70. The molecule has 3 heterocycles. The van der Waals surface area contributed by atoms with E-state index in [1.165, 1.54) is 0 Å². The number of allylic oxidation sites excluding steroid dienone is 1. The molecule has 18 nitrogen and oxygen atoms in total. The smallest absolute Gasteiger partial charge is 0.315 e. The Morgan fingerprint density at radius 1 is 0.723 bits per heavy atom. The van der Waals surface area contributed by atoms with Gasteiger partial charge >= 0.3 is 11.9 Å². The van der Waals surface area contributed by atoms with Gasteiger partial charge in [-0.05, 0) is 111 Å². The highest BCUT2D eigenvalue weighted by Crippen LogP contribution is 2.76. The molecule has 4 saturated carbocycles. The first kappa shape index (κ1) is 49.5. The molecule has 0 bridgehead atoms. The summed E-state index contributed by atoms with van der Waals surface area (Å²) in [5.41, 5.74) is -3.29. The van der Waals surface area contributed by atoms with E-state index in [0.717, 1.165) is 5.57 Å². The van der Waals surface area contributed by atoms with Crippen LogP contribution in [0.15, 0.2) is 11.6 Å². The van der Waals surface area contributed by atoms with E-state index in [2.05, 4.69) is 47.6 Å². The van der Waals surface area contributed by atoms with Crippen molar-refractivity contribution in [2.24, 2.45) is 56.7 Å². The zero-order valence-electron chi connectivity index (χ0n) is 38.6. The fraction of sp³-hybridized carbons (Fsp3) is 0.915. The van der Waals surface area contributed by atoms with Crippen molar-refractivity contribution in [2.75, 3.05) is 13.2 Å². The highest BCUT2D eigenvalue weighted by atomic mass is 16.7. The minimum absolute atomic E-state index is 0.0481. The Hall–Kier alpha value is -1.88. The first-order chi connectivity index (χ1) is 30.4. The zero-order valence-corrected chi connectivity index (χ0v) is 38.6. The number of esters is 1. The average molecular weight is 927 g/mol. The summed E-state index contributed by atoms with van der Waals surface area (Å²) in [5, 5.41) is 107. The molecule has 0 aromatic rings.